The van der Waals surface area contributed by atoms with Gasteiger partial charge >= 0.3 is 0 Å². The Morgan fingerprint density at radius 3 is 2.23 bits per heavy atom. The van der Waals surface area contributed by atoms with Crippen molar-refractivity contribution in [3.63, 3.8) is 0 Å². The third-order valence-corrected chi connectivity index (χ3v) is 4.71. The molecule has 1 aliphatic heterocycles. The van der Waals surface area contributed by atoms with Gasteiger partial charge < -0.3 is 19.9 Å². The summed E-state index contributed by atoms with van der Waals surface area (Å²) in [6, 6.07) is 15.7. The molecule has 1 saturated heterocycles. The summed E-state index contributed by atoms with van der Waals surface area (Å²) in [4.78, 5) is 17.1. The summed E-state index contributed by atoms with van der Waals surface area (Å²) in [5.74, 6) is 0.543. The number of ether oxygens (including phenoxy) is 1. The van der Waals surface area contributed by atoms with Crippen molar-refractivity contribution in [2.45, 2.75) is 20.0 Å². The maximum atomic E-state index is 12.4. The molecule has 1 atom stereocenters. The summed E-state index contributed by atoms with van der Waals surface area (Å²) in [5, 5.41) is 2.92. The van der Waals surface area contributed by atoms with Crippen molar-refractivity contribution in [1.29, 1.82) is 0 Å². The van der Waals surface area contributed by atoms with E-state index in [1.54, 1.807) is 6.92 Å². The highest BCUT2D eigenvalue weighted by atomic mass is 16.5. The molecule has 3 rings (SSSR count). The van der Waals surface area contributed by atoms with Crippen LogP contribution in [0.2, 0.25) is 0 Å². The third kappa shape index (κ3) is 4.76. The summed E-state index contributed by atoms with van der Waals surface area (Å²) in [6.07, 6.45) is -0.560. The first kappa shape index (κ1) is 18.3. The normalized spacial score (nSPS) is 16.2. The number of aryl methyl sites for hydroxylation is 1. The Morgan fingerprint density at radius 1 is 1.00 bits per heavy atom. The van der Waals surface area contributed by atoms with E-state index in [-0.39, 0.29) is 5.91 Å². The van der Waals surface area contributed by atoms with E-state index < -0.39 is 6.10 Å². The molecule has 5 nitrogen and oxygen atoms in total. The Balaban J connectivity index is 1.54. The fourth-order valence-electron chi connectivity index (χ4n) is 2.94. The minimum atomic E-state index is -0.560. The van der Waals surface area contributed by atoms with Crippen molar-refractivity contribution < 1.29 is 9.53 Å². The second kappa shape index (κ2) is 8.23. The molecule has 0 bridgehead atoms. The molecule has 0 aromatic heterocycles. The molecule has 0 radical (unpaired) electrons. The molecule has 1 aliphatic rings. The Bertz CT molecular complexity index is 720. The maximum absolute atomic E-state index is 12.4. The van der Waals surface area contributed by atoms with E-state index >= 15 is 0 Å². The van der Waals surface area contributed by atoms with E-state index in [1.807, 2.05) is 43.3 Å². The molecular formula is C21H27N3O2. The number of likely N-dealkylation sites (N-methyl/N-ethyl adjacent to an activating group) is 1. The highest BCUT2D eigenvalue weighted by Crippen LogP contribution is 2.20. The molecule has 1 fully saturated rings. The largest absolute Gasteiger partial charge is 0.481 e. The second-order valence-corrected chi connectivity index (χ2v) is 6.90. The Morgan fingerprint density at radius 2 is 1.62 bits per heavy atom. The van der Waals surface area contributed by atoms with Crippen molar-refractivity contribution in [1.82, 2.24) is 4.90 Å². The molecule has 5 heteroatoms. The lowest BCUT2D eigenvalue weighted by molar-refractivity contribution is -0.122. The molecule has 26 heavy (non-hydrogen) atoms. The number of carbonyl (C=O) groups is 1. The van der Waals surface area contributed by atoms with E-state index in [0.717, 1.165) is 37.4 Å². The molecule has 0 aliphatic carbocycles. The van der Waals surface area contributed by atoms with Gasteiger partial charge in [-0.1, -0.05) is 17.7 Å². The van der Waals surface area contributed by atoms with Gasteiger partial charge in [0, 0.05) is 37.6 Å². The van der Waals surface area contributed by atoms with Crippen LogP contribution in [0, 0.1) is 6.92 Å². The average Bonchev–Trinajstić information content (AvgIpc) is 2.65. The molecule has 1 amide bonds. The number of carbonyl (C=O) groups excluding carboxylic acids is 1. The monoisotopic (exact) mass is 353 g/mol. The smallest absolute Gasteiger partial charge is 0.265 e. The third-order valence-electron chi connectivity index (χ3n) is 4.71. The second-order valence-electron chi connectivity index (χ2n) is 6.90. The lowest BCUT2D eigenvalue weighted by Gasteiger charge is -2.34. The van der Waals surface area contributed by atoms with Crippen LogP contribution in [0.3, 0.4) is 0 Å². The van der Waals surface area contributed by atoms with Crippen LogP contribution in [-0.4, -0.2) is 50.1 Å². The number of rotatable bonds is 5. The minimum absolute atomic E-state index is 0.155. The Hall–Kier alpha value is -2.53. The first-order chi connectivity index (χ1) is 12.5. The van der Waals surface area contributed by atoms with E-state index in [2.05, 4.69) is 34.3 Å². The van der Waals surface area contributed by atoms with Crippen molar-refractivity contribution in [2.75, 3.05) is 43.4 Å². The molecule has 0 unspecified atom stereocenters. The first-order valence-corrected chi connectivity index (χ1v) is 9.09. The number of nitrogens with zero attached hydrogens (tertiary/aromatic N) is 2. The standard InChI is InChI=1S/C21H27N3O2/c1-16-4-10-20(11-5-16)26-17(2)21(25)22-18-6-8-19(9-7-18)24-14-12-23(3)13-15-24/h4-11,17H,12-15H2,1-3H3,(H,22,25)/t17-/m1/s1. The predicted octanol–water partition coefficient (Wildman–Crippen LogP) is 3.15. The van der Waals surface area contributed by atoms with Gasteiger partial charge in [0.1, 0.15) is 5.75 Å². The topological polar surface area (TPSA) is 44.8 Å². The molecule has 0 spiro atoms. The zero-order valence-corrected chi connectivity index (χ0v) is 15.7. The van der Waals surface area contributed by atoms with Crippen LogP contribution >= 0.6 is 0 Å². The highest BCUT2D eigenvalue weighted by molar-refractivity contribution is 5.94. The summed E-state index contributed by atoms with van der Waals surface area (Å²) in [6.45, 7) is 7.99. The Kier molecular flexibility index (Phi) is 5.78. The summed E-state index contributed by atoms with van der Waals surface area (Å²) < 4.78 is 5.71. The summed E-state index contributed by atoms with van der Waals surface area (Å²) in [7, 11) is 2.15. The maximum Gasteiger partial charge on any atom is 0.265 e. The molecule has 138 valence electrons. The highest BCUT2D eigenvalue weighted by Gasteiger charge is 2.16. The van der Waals surface area contributed by atoms with Gasteiger partial charge in [0.05, 0.1) is 0 Å². The van der Waals surface area contributed by atoms with Crippen LogP contribution in [0.5, 0.6) is 5.75 Å². The van der Waals surface area contributed by atoms with Gasteiger partial charge in [-0.3, -0.25) is 4.79 Å². The molecule has 0 saturated carbocycles. The van der Waals surface area contributed by atoms with E-state index in [9.17, 15) is 4.79 Å². The molecular weight excluding hydrogens is 326 g/mol. The molecule has 2 aromatic carbocycles. The van der Waals surface area contributed by atoms with Crippen molar-refractivity contribution in [2.24, 2.45) is 0 Å². The lowest BCUT2D eigenvalue weighted by atomic mass is 10.2. The van der Waals surface area contributed by atoms with Crippen molar-refractivity contribution >= 4 is 17.3 Å². The fourth-order valence-corrected chi connectivity index (χ4v) is 2.94. The first-order valence-electron chi connectivity index (χ1n) is 9.09. The van der Waals surface area contributed by atoms with Crippen LogP contribution in [0.25, 0.3) is 0 Å². The predicted molar refractivity (Wildman–Crippen MR) is 106 cm³/mol. The molecule has 1 N–H and O–H groups in total. The SMILES string of the molecule is Cc1ccc(O[C@H](C)C(=O)Nc2ccc(N3CCN(C)CC3)cc2)cc1. The van der Waals surface area contributed by atoms with E-state index in [1.165, 1.54) is 5.69 Å². The number of hydrogen-bond donors (Lipinski definition) is 1. The number of piperazine rings is 1. The van der Waals surface area contributed by atoms with Gasteiger partial charge in [0.15, 0.2) is 6.10 Å². The number of benzene rings is 2. The van der Waals surface area contributed by atoms with Crippen molar-refractivity contribution in [3.8, 4) is 5.75 Å². The van der Waals surface area contributed by atoms with Crippen LogP contribution < -0.4 is 15.0 Å². The molecule has 2 aromatic rings. The number of nitrogens with one attached hydrogen (secondary N) is 1. The zero-order valence-electron chi connectivity index (χ0n) is 15.7. The number of hydrogen-bond acceptors (Lipinski definition) is 4. The van der Waals surface area contributed by atoms with Crippen molar-refractivity contribution in [3.05, 3.63) is 54.1 Å². The van der Waals surface area contributed by atoms with Gasteiger partial charge in [-0.25, -0.2) is 0 Å². The quantitative estimate of drug-likeness (QED) is 0.897. The summed E-state index contributed by atoms with van der Waals surface area (Å²) in [5.41, 5.74) is 3.14. The van der Waals surface area contributed by atoms with Gasteiger partial charge in [0.25, 0.3) is 5.91 Å². The van der Waals surface area contributed by atoms with Crippen LogP contribution in [0.1, 0.15) is 12.5 Å². The lowest BCUT2D eigenvalue weighted by Crippen LogP contribution is -2.44. The van der Waals surface area contributed by atoms with E-state index in [4.69, 9.17) is 4.74 Å². The fraction of sp³-hybridized carbons (Fsp3) is 0.381. The van der Waals surface area contributed by atoms with E-state index in [0.29, 0.717) is 5.75 Å². The Labute approximate surface area is 155 Å². The van der Waals surface area contributed by atoms with Gasteiger partial charge in [-0.15, -0.1) is 0 Å². The van der Waals surface area contributed by atoms with Gasteiger partial charge in [-0.2, -0.15) is 0 Å². The van der Waals surface area contributed by atoms with Crippen LogP contribution in [0.15, 0.2) is 48.5 Å². The van der Waals surface area contributed by atoms with Gasteiger partial charge in [-0.05, 0) is 57.3 Å². The van der Waals surface area contributed by atoms with Crippen LogP contribution in [0.4, 0.5) is 11.4 Å². The van der Waals surface area contributed by atoms with Crippen LogP contribution in [-0.2, 0) is 4.79 Å². The minimum Gasteiger partial charge on any atom is -0.481 e. The number of amides is 1. The van der Waals surface area contributed by atoms with Gasteiger partial charge in [0.2, 0.25) is 0 Å². The number of anilines is 2. The average molecular weight is 353 g/mol. The zero-order chi connectivity index (χ0) is 18.5. The summed E-state index contributed by atoms with van der Waals surface area (Å²) >= 11 is 0. The molecule has 1 heterocycles.